The normalized spacial score (nSPS) is 19.1. The fourth-order valence-corrected chi connectivity index (χ4v) is 6.56. The lowest BCUT2D eigenvalue weighted by molar-refractivity contribution is -0.119. The SMILES string of the molecule is CCN(CC)S(=O)(=O)c1ccc(-c2nnc(SCC(=O)N[C@@H]3CCCC[C@@H]3C)n2CC)cc1. The number of sulfonamides is 1. The lowest BCUT2D eigenvalue weighted by Gasteiger charge is -2.29. The number of amides is 1. The van der Waals surface area contributed by atoms with Gasteiger partial charge in [-0.05, 0) is 49.9 Å². The third-order valence-corrected chi connectivity index (χ3v) is 9.31. The Bertz CT molecular complexity index is 1030. The predicted octanol–water partition coefficient (Wildman–Crippen LogP) is 3.78. The van der Waals surface area contributed by atoms with Crippen molar-refractivity contribution in [3.63, 3.8) is 0 Å². The Labute approximate surface area is 201 Å². The molecule has 1 aliphatic carbocycles. The lowest BCUT2D eigenvalue weighted by Crippen LogP contribution is -2.41. The van der Waals surface area contributed by atoms with Gasteiger partial charge in [-0.25, -0.2) is 8.42 Å². The maximum absolute atomic E-state index is 12.7. The summed E-state index contributed by atoms with van der Waals surface area (Å²) in [5, 5.41) is 12.5. The van der Waals surface area contributed by atoms with Gasteiger partial charge in [0.25, 0.3) is 0 Å². The van der Waals surface area contributed by atoms with Crippen molar-refractivity contribution in [3.05, 3.63) is 24.3 Å². The van der Waals surface area contributed by atoms with Gasteiger partial charge in [-0.2, -0.15) is 4.31 Å². The molecule has 1 N–H and O–H groups in total. The lowest BCUT2D eigenvalue weighted by atomic mass is 9.86. The highest BCUT2D eigenvalue weighted by Crippen LogP contribution is 2.27. The molecule has 8 nitrogen and oxygen atoms in total. The Kier molecular flexibility index (Phi) is 8.95. The molecular weight excluding hydrogens is 458 g/mol. The zero-order valence-corrected chi connectivity index (χ0v) is 21.6. The largest absolute Gasteiger partial charge is 0.352 e. The van der Waals surface area contributed by atoms with Gasteiger partial charge in [0.15, 0.2) is 11.0 Å². The highest BCUT2D eigenvalue weighted by atomic mass is 32.2. The predicted molar refractivity (Wildman–Crippen MR) is 132 cm³/mol. The van der Waals surface area contributed by atoms with Gasteiger partial charge in [0, 0.05) is 31.2 Å². The van der Waals surface area contributed by atoms with E-state index in [2.05, 4.69) is 22.4 Å². The Morgan fingerprint density at radius 1 is 1.12 bits per heavy atom. The van der Waals surface area contributed by atoms with Crippen LogP contribution in [0.4, 0.5) is 0 Å². The van der Waals surface area contributed by atoms with Crippen molar-refractivity contribution in [3.8, 4) is 11.4 Å². The molecule has 2 atom stereocenters. The van der Waals surface area contributed by atoms with E-state index in [-0.39, 0.29) is 16.8 Å². The highest BCUT2D eigenvalue weighted by Gasteiger charge is 2.24. The molecule has 1 aliphatic rings. The van der Waals surface area contributed by atoms with Crippen LogP contribution in [-0.4, -0.2) is 58.3 Å². The van der Waals surface area contributed by atoms with Crippen LogP contribution in [0.3, 0.4) is 0 Å². The summed E-state index contributed by atoms with van der Waals surface area (Å²) < 4.78 is 28.9. The summed E-state index contributed by atoms with van der Waals surface area (Å²) in [5.74, 6) is 1.50. The number of hydrogen-bond donors (Lipinski definition) is 1. The third kappa shape index (κ3) is 5.96. The summed E-state index contributed by atoms with van der Waals surface area (Å²) >= 11 is 1.38. The molecule has 2 aromatic rings. The van der Waals surface area contributed by atoms with Crippen molar-refractivity contribution in [2.75, 3.05) is 18.8 Å². The van der Waals surface area contributed by atoms with Crippen molar-refractivity contribution in [1.82, 2.24) is 24.4 Å². The van der Waals surface area contributed by atoms with Gasteiger partial charge in [0.05, 0.1) is 10.6 Å². The quantitative estimate of drug-likeness (QED) is 0.506. The molecule has 0 unspecified atom stereocenters. The van der Waals surface area contributed by atoms with E-state index in [0.29, 0.717) is 42.3 Å². The molecule has 10 heteroatoms. The second-order valence-electron chi connectivity index (χ2n) is 8.39. The Morgan fingerprint density at radius 2 is 1.79 bits per heavy atom. The van der Waals surface area contributed by atoms with Crippen LogP contribution < -0.4 is 5.32 Å². The van der Waals surface area contributed by atoms with Crippen LogP contribution in [0.5, 0.6) is 0 Å². The monoisotopic (exact) mass is 493 g/mol. The molecule has 1 aromatic heterocycles. The number of benzene rings is 1. The first kappa shape index (κ1) is 25.7. The summed E-state index contributed by atoms with van der Waals surface area (Å²) in [7, 11) is -3.50. The van der Waals surface area contributed by atoms with Crippen LogP contribution >= 0.6 is 11.8 Å². The Balaban J connectivity index is 1.69. The van der Waals surface area contributed by atoms with Crippen molar-refractivity contribution < 1.29 is 13.2 Å². The standard InChI is InChI=1S/C23H35N5O3S2/c1-5-27(6-2)33(30,31)19-14-12-18(13-15-19)22-25-26-23(28(22)7-3)32-16-21(29)24-20-11-9-8-10-17(20)4/h12-15,17,20H,5-11,16H2,1-4H3,(H,24,29)/t17-,20+/m0/s1. The van der Waals surface area contributed by atoms with E-state index in [1.807, 2.05) is 25.3 Å². The maximum atomic E-state index is 12.7. The third-order valence-electron chi connectivity index (χ3n) is 6.28. The molecule has 0 saturated heterocycles. The number of thioether (sulfide) groups is 1. The molecule has 33 heavy (non-hydrogen) atoms. The summed E-state index contributed by atoms with van der Waals surface area (Å²) in [5.41, 5.74) is 0.787. The van der Waals surface area contributed by atoms with Crippen LogP contribution in [-0.2, 0) is 21.4 Å². The van der Waals surface area contributed by atoms with Crippen molar-refractivity contribution in [2.45, 2.75) is 76.0 Å². The Morgan fingerprint density at radius 3 is 2.39 bits per heavy atom. The molecule has 0 bridgehead atoms. The number of carbonyl (C=O) groups is 1. The molecule has 1 amide bonds. The van der Waals surface area contributed by atoms with Gasteiger partial charge in [-0.15, -0.1) is 10.2 Å². The topological polar surface area (TPSA) is 97.2 Å². The van der Waals surface area contributed by atoms with Crippen molar-refractivity contribution in [2.24, 2.45) is 5.92 Å². The number of rotatable bonds is 10. The van der Waals surface area contributed by atoms with E-state index in [9.17, 15) is 13.2 Å². The molecule has 182 valence electrons. The average molecular weight is 494 g/mol. The zero-order valence-electron chi connectivity index (χ0n) is 20.0. The van der Waals surface area contributed by atoms with Gasteiger partial charge >= 0.3 is 0 Å². The summed E-state index contributed by atoms with van der Waals surface area (Å²) in [6.45, 7) is 9.36. The summed E-state index contributed by atoms with van der Waals surface area (Å²) in [6, 6.07) is 7.01. The fraction of sp³-hybridized carbons (Fsp3) is 0.609. The number of aromatic nitrogens is 3. The molecule has 3 rings (SSSR count). The highest BCUT2D eigenvalue weighted by molar-refractivity contribution is 7.99. The van der Waals surface area contributed by atoms with E-state index in [1.54, 1.807) is 24.3 Å². The molecular formula is C23H35N5O3S2. The molecule has 1 fully saturated rings. The Hall–Kier alpha value is -1.91. The first-order chi connectivity index (χ1) is 15.8. The summed E-state index contributed by atoms with van der Waals surface area (Å²) in [4.78, 5) is 12.8. The van der Waals surface area contributed by atoms with Gasteiger partial charge in [0.1, 0.15) is 0 Å². The summed E-state index contributed by atoms with van der Waals surface area (Å²) in [6.07, 6.45) is 4.63. The fourth-order valence-electron chi connectivity index (χ4n) is 4.29. The van der Waals surface area contributed by atoms with Gasteiger partial charge in [-0.1, -0.05) is 45.4 Å². The molecule has 0 spiro atoms. The molecule has 0 radical (unpaired) electrons. The smallest absolute Gasteiger partial charge is 0.243 e. The van der Waals surface area contributed by atoms with Crippen LogP contribution in [0.15, 0.2) is 34.3 Å². The van der Waals surface area contributed by atoms with Crippen LogP contribution in [0.2, 0.25) is 0 Å². The van der Waals surface area contributed by atoms with E-state index >= 15 is 0 Å². The minimum Gasteiger partial charge on any atom is -0.352 e. The molecule has 1 aromatic carbocycles. The molecule has 0 aliphatic heterocycles. The van der Waals surface area contributed by atoms with Gasteiger partial charge < -0.3 is 9.88 Å². The number of hydrogen-bond acceptors (Lipinski definition) is 6. The minimum absolute atomic E-state index is 0.0249. The number of carbonyl (C=O) groups excluding carboxylic acids is 1. The first-order valence-electron chi connectivity index (χ1n) is 11.8. The zero-order chi connectivity index (χ0) is 24.0. The van der Waals surface area contributed by atoms with Gasteiger partial charge in [0.2, 0.25) is 15.9 Å². The van der Waals surface area contributed by atoms with Crippen molar-refractivity contribution in [1.29, 1.82) is 0 Å². The average Bonchev–Trinajstić information content (AvgIpc) is 3.23. The van der Waals surface area contributed by atoms with Gasteiger partial charge in [-0.3, -0.25) is 4.79 Å². The second kappa shape index (κ2) is 11.5. The van der Waals surface area contributed by atoms with E-state index < -0.39 is 10.0 Å². The van der Waals surface area contributed by atoms with Crippen molar-refractivity contribution >= 4 is 27.7 Å². The van der Waals surface area contributed by atoms with E-state index in [0.717, 1.165) is 12.0 Å². The number of nitrogens with zero attached hydrogens (tertiary/aromatic N) is 4. The van der Waals surface area contributed by atoms with Crippen LogP contribution in [0, 0.1) is 5.92 Å². The molecule has 1 saturated carbocycles. The van der Waals surface area contributed by atoms with E-state index in [1.165, 1.54) is 35.3 Å². The second-order valence-corrected chi connectivity index (χ2v) is 11.3. The van der Waals surface area contributed by atoms with Crippen LogP contribution in [0.1, 0.15) is 53.4 Å². The molecule has 1 heterocycles. The van der Waals surface area contributed by atoms with E-state index in [4.69, 9.17) is 0 Å². The number of nitrogens with one attached hydrogen (secondary N) is 1. The minimum atomic E-state index is -3.50. The first-order valence-corrected chi connectivity index (χ1v) is 14.2. The van der Waals surface area contributed by atoms with Crippen LogP contribution in [0.25, 0.3) is 11.4 Å². The maximum Gasteiger partial charge on any atom is 0.243 e.